The third kappa shape index (κ3) is 4.48. The highest BCUT2D eigenvalue weighted by Gasteiger charge is 2.63. The van der Waals surface area contributed by atoms with Gasteiger partial charge >= 0.3 is 0 Å². The zero-order valence-electron chi connectivity index (χ0n) is 25.8. The summed E-state index contributed by atoms with van der Waals surface area (Å²) in [5.74, 6) is 0.816. The molecule has 0 radical (unpaired) electrons. The quantitative estimate of drug-likeness (QED) is 0.314. The first-order valence-electron chi connectivity index (χ1n) is 14.9. The Balaban J connectivity index is 1.60. The topological polar surface area (TPSA) is 70.4 Å². The van der Waals surface area contributed by atoms with Crippen molar-refractivity contribution < 1.29 is 15.6 Å². The van der Waals surface area contributed by atoms with Crippen LogP contribution in [-0.4, -0.2) is 53.0 Å². The molecule has 2 aliphatic heterocycles. The molecule has 2 heterocycles. The Morgan fingerprint density at radius 3 is 1.82 bits per heavy atom. The highest BCUT2D eigenvalue weighted by atomic mass is 16.5. The van der Waals surface area contributed by atoms with Crippen molar-refractivity contribution in [1.29, 1.82) is 0 Å². The van der Waals surface area contributed by atoms with Crippen LogP contribution in [-0.2, 0) is 11.1 Å². The van der Waals surface area contributed by atoms with E-state index < -0.39 is 16.6 Å². The third-order valence-electron chi connectivity index (χ3n) is 11.1. The highest BCUT2D eigenvalue weighted by Crippen LogP contribution is 2.59. The highest BCUT2D eigenvalue weighted by molar-refractivity contribution is 5.43. The second-order valence-corrected chi connectivity index (χ2v) is 15.5. The molecular weight excluding hydrogens is 474 g/mol. The van der Waals surface area contributed by atoms with Crippen molar-refractivity contribution in [2.75, 3.05) is 0 Å². The van der Waals surface area contributed by atoms with Gasteiger partial charge in [0.15, 0.2) is 0 Å². The summed E-state index contributed by atoms with van der Waals surface area (Å²) in [7, 11) is 0. The van der Waals surface area contributed by atoms with Gasteiger partial charge in [-0.1, -0.05) is 37.1 Å². The maximum atomic E-state index is 12.1. The van der Waals surface area contributed by atoms with Crippen LogP contribution in [0.4, 0.5) is 0 Å². The number of fused-ring (bicyclic) bond motifs is 2. The summed E-state index contributed by atoms with van der Waals surface area (Å²) < 4.78 is 0. The molecule has 5 unspecified atom stereocenters. The molecule has 6 nitrogen and oxygen atoms in total. The molecule has 1 saturated carbocycles. The predicted molar refractivity (Wildman–Crippen MR) is 152 cm³/mol. The van der Waals surface area contributed by atoms with E-state index >= 15 is 0 Å². The van der Waals surface area contributed by atoms with E-state index in [1.165, 1.54) is 29.0 Å². The fraction of sp³-hybridized carbons (Fsp3) is 0.812. The number of rotatable bonds is 7. The standard InChI is InChI=1S/C32H55N3O3/c1-27(2,3)33(36)28(4,5)19-20-31(9)25-17-13-14-18-26(25)32(10,35(31)38)22-21-30(8)24-16-12-11-15-23(24)29(6,7)34(30)37/h11-12,15-16,25-26,36-38H,13-14,17-22H2,1-10H3. The smallest absolute Gasteiger partial charge is 0.0694 e. The Kier molecular flexibility index (Phi) is 7.51. The van der Waals surface area contributed by atoms with Crippen molar-refractivity contribution in [3.63, 3.8) is 0 Å². The van der Waals surface area contributed by atoms with Gasteiger partial charge in [0.2, 0.25) is 0 Å². The fourth-order valence-corrected chi connectivity index (χ4v) is 8.74. The normalized spacial score (nSPS) is 36.1. The van der Waals surface area contributed by atoms with Crippen molar-refractivity contribution in [2.45, 2.75) is 154 Å². The van der Waals surface area contributed by atoms with Crippen LogP contribution in [0.15, 0.2) is 24.3 Å². The average Bonchev–Trinajstić information content (AvgIpc) is 3.13. The molecule has 38 heavy (non-hydrogen) atoms. The van der Waals surface area contributed by atoms with Crippen LogP contribution in [0.2, 0.25) is 0 Å². The van der Waals surface area contributed by atoms with Crippen molar-refractivity contribution >= 4 is 0 Å². The lowest BCUT2D eigenvalue weighted by Crippen LogP contribution is -2.55. The Labute approximate surface area is 231 Å². The van der Waals surface area contributed by atoms with E-state index in [1.807, 2.05) is 20.8 Å². The van der Waals surface area contributed by atoms with Crippen LogP contribution >= 0.6 is 0 Å². The molecule has 4 rings (SSSR count). The molecule has 3 aliphatic rings. The first kappa shape index (κ1) is 30.0. The van der Waals surface area contributed by atoms with Gasteiger partial charge in [-0.2, -0.15) is 15.2 Å². The van der Waals surface area contributed by atoms with Crippen molar-refractivity contribution in [3.8, 4) is 0 Å². The Hall–Kier alpha value is -1.02. The van der Waals surface area contributed by atoms with Crippen LogP contribution in [0, 0.1) is 11.8 Å². The van der Waals surface area contributed by atoms with E-state index in [1.54, 1.807) is 10.1 Å². The van der Waals surface area contributed by atoms with Crippen LogP contribution in [0.5, 0.6) is 0 Å². The molecule has 0 bridgehead atoms. The summed E-state index contributed by atoms with van der Waals surface area (Å²) in [5, 5.41) is 39.4. The van der Waals surface area contributed by atoms with Gasteiger partial charge in [-0.05, 0) is 131 Å². The van der Waals surface area contributed by atoms with E-state index in [-0.39, 0.29) is 16.6 Å². The molecule has 5 atom stereocenters. The predicted octanol–water partition coefficient (Wildman–Crippen LogP) is 7.70. The van der Waals surface area contributed by atoms with Gasteiger partial charge in [0, 0.05) is 22.2 Å². The number of hydrogen-bond acceptors (Lipinski definition) is 6. The van der Waals surface area contributed by atoms with Crippen LogP contribution < -0.4 is 0 Å². The summed E-state index contributed by atoms with van der Waals surface area (Å²) >= 11 is 0. The average molecular weight is 530 g/mol. The minimum Gasteiger partial charge on any atom is -0.313 e. The van der Waals surface area contributed by atoms with E-state index in [2.05, 4.69) is 72.7 Å². The molecule has 1 aromatic carbocycles. The third-order valence-corrected chi connectivity index (χ3v) is 11.1. The summed E-state index contributed by atoms with van der Waals surface area (Å²) in [6.07, 6.45) is 7.85. The summed E-state index contributed by atoms with van der Waals surface area (Å²) in [4.78, 5) is 0. The summed E-state index contributed by atoms with van der Waals surface area (Å²) in [6.45, 7) is 21.2. The SMILES string of the molecule is CC(C)(C)N(O)C(C)(C)CCC1(C)C2CCCCC2C(C)(CCC2(C)c3ccccc3C(C)(C)N2O)N1O. The van der Waals surface area contributed by atoms with Crippen LogP contribution in [0.1, 0.15) is 132 Å². The number of benzene rings is 1. The molecule has 2 fully saturated rings. The van der Waals surface area contributed by atoms with Gasteiger partial charge in [0.25, 0.3) is 0 Å². The van der Waals surface area contributed by atoms with Crippen molar-refractivity contribution in [2.24, 2.45) is 11.8 Å². The molecule has 0 amide bonds. The van der Waals surface area contributed by atoms with Crippen LogP contribution in [0.25, 0.3) is 0 Å². The summed E-state index contributed by atoms with van der Waals surface area (Å²) in [5.41, 5.74) is -0.101. The van der Waals surface area contributed by atoms with Crippen LogP contribution in [0.3, 0.4) is 0 Å². The monoisotopic (exact) mass is 529 g/mol. The number of hydrogen-bond donors (Lipinski definition) is 3. The zero-order chi connectivity index (χ0) is 28.5. The van der Waals surface area contributed by atoms with Gasteiger partial charge < -0.3 is 15.6 Å². The minimum atomic E-state index is -0.515. The molecule has 3 N–H and O–H groups in total. The van der Waals surface area contributed by atoms with E-state index in [0.29, 0.717) is 11.8 Å². The fourth-order valence-electron chi connectivity index (χ4n) is 8.74. The Bertz CT molecular complexity index is 1020. The zero-order valence-corrected chi connectivity index (χ0v) is 25.8. The largest absolute Gasteiger partial charge is 0.313 e. The number of hydroxylamine groups is 6. The molecule has 1 aliphatic carbocycles. The van der Waals surface area contributed by atoms with Gasteiger partial charge in [-0.3, -0.25) is 0 Å². The summed E-state index contributed by atoms with van der Waals surface area (Å²) in [6, 6.07) is 8.42. The van der Waals surface area contributed by atoms with E-state index in [4.69, 9.17) is 0 Å². The van der Waals surface area contributed by atoms with Crippen molar-refractivity contribution in [1.82, 2.24) is 15.2 Å². The lowest BCUT2D eigenvalue weighted by molar-refractivity contribution is -0.242. The van der Waals surface area contributed by atoms with Crippen molar-refractivity contribution in [3.05, 3.63) is 35.4 Å². The van der Waals surface area contributed by atoms with E-state index in [9.17, 15) is 15.6 Å². The Morgan fingerprint density at radius 1 is 0.789 bits per heavy atom. The molecule has 0 spiro atoms. The maximum Gasteiger partial charge on any atom is 0.0694 e. The second kappa shape index (κ2) is 9.53. The first-order chi connectivity index (χ1) is 17.3. The van der Waals surface area contributed by atoms with E-state index in [0.717, 1.165) is 38.5 Å². The molecule has 216 valence electrons. The molecule has 1 aromatic rings. The molecular formula is C32H55N3O3. The molecule has 6 heteroatoms. The van der Waals surface area contributed by atoms with Gasteiger partial charge in [0.05, 0.1) is 11.1 Å². The maximum absolute atomic E-state index is 12.1. The van der Waals surface area contributed by atoms with Gasteiger partial charge in [-0.25, -0.2) is 0 Å². The molecule has 0 aromatic heterocycles. The lowest BCUT2D eigenvalue weighted by atomic mass is 9.65. The Morgan fingerprint density at radius 2 is 1.29 bits per heavy atom. The van der Waals surface area contributed by atoms with Gasteiger partial charge in [0.1, 0.15) is 0 Å². The van der Waals surface area contributed by atoms with Gasteiger partial charge in [-0.15, -0.1) is 0 Å². The molecule has 1 saturated heterocycles. The second-order valence-electron chi connectivity index (χ2n) is 15.5. The first-order valence-corrected chi connectivity index (χ1v) is 14.9. The lowest BCUT2D eigenvalue weighted by Gasteiger charge is -2.46. The minimum absolute atomic E-state index is 0.349. The number of nitrogens with zero attached hydrogens (tertiary/aromatic N) is 3.